The molecule has 0 aliphatic carbocycles. The fourth-order valence-corrected chi connectivity index (χ4v) is 2.48. The van der Waals surface area contributed by atoms with Crippen LogP contribution < -0.4 is 14.8 Å². The molecule has 0 aliphatic heterocycles. The van der Waals surface area contributed by atoms with Crippen molar-refractivity contribution in [1.29, 1.82) is 0 Å². The second-order valence-electron chi connectivity index (χ2n) is 5.51. The number of methoxy groups -OCH3 is 1. The Morgan fingerprint density at radius 2 is 1.83 bits per heavy atom. The first-order chi connectivity index (χ1) is 11.4. The monoisotopic (exact) mass is 329 g/mol. The van der Waals surface area contributed by atoms with Gasteiger partial charge in [-0.15, -0.1) is 0 Å². The van der Waals surface area contributed by atoms with Gasteiger partial charge in [-0.25, -0.2) is 0 Å². The van der Waals surface area contributed by atoms with E-state index in [0.29, 0.717) is 29.7 Å². The predicted molar refractivity (Wildman–Crippen MR) is 92.7 cm³/mol. The summed E-state index contributed by atoms with van der Waals surface area (Å²) >= 11 is 0. The molecule has 0 radical (unpaired) electrons. The molecule has 2 aromatic rings. The maximum absolute atomic E-state index is 12.3. The zero-order chi connectivity index (χ0) is 17.7. The van der Waals surface area contributed by atoms with E-state index in [-0.39, 0.29) is 12.3 Å². The lowest BCUT2D eigenvalue weighted by Crippen LogP contribution is -2.17. The van der Waals surface area contributed by atoms with Crippen molar-refractivity contribution in [1.82, 2.24) is 9.97 Å². The quantitative estimate of drug-likeness (QED) is 0.882. The van der Waals surface area contributed by atoms with Crippen LogP contribution in [0.4, 0.5) is 5.69 Å². The molecule has 0 unspecified atom stereocenters. The SMILES string of the molecule is CCOc1nc(C)c(NC(=O)Cc2ccc(OC)c(C)c2)c(C)n1. The number of nitrogens with one attached hydrogen (secondary N) is 1. The van der Waals surface area contributed by atoms with Crippen LogP contribution in [0.3, 0.4) is 0 Å². The number of rotatable bonds is 6. The summed E-state index contributed by atoms with van der Waals surface area (Å²) in [7, 11) is 1.63. The number of hydrogen-bond donors (Lipinski definition) is 1. The van der Waals surface area contributed by atoms with Crippen LogP contribution in [0.25, 0.3) is 0 Å². The van der Waals surface area contributed by atoms with E-state index in [4.69, 9.17) is 9.47 Å². The molecule has 0 spiro atoms. The van der Waals surface area contributed by atoms with Gasteiger partial charge in [0.05, 0.1) is 37.2 Å². The average molecular weight is 329 g/mol. The van der Waals surface area contributed by atoms with Crippen molar-refractivity contribution in [2.75, 3.05) is 19.0 Å². The zero-order valence-electron chi connectivity index (χ0n) is 14.8. The average Bonchev–Trinajstić information content (AvgIpc) is 2.51. The van der Waals surface area contributed by atoms with Crippen molar-refractivity contribution >= 4 is 11.6 Å². The van der Waals surface area contributed by atoms with Gasteiger partial charge in [0.25, 0.3) is 0 Å². The molecule has 0 saturated heterocycles. The number of hydrogen-bond acceptors (Lipinski definition) is 5. The minimum absolute atomic E-state index is 0.112. The third-order valence-electron chi connectivity index (χ3n) is 3.61. The van der Waals surface area contributed by atoms with Crippen LogP contribution in [0, 0.1) is 20.8 Å². The maximum Gasteiger partial charge on any atom is 0.316 e. The summed E-state index contributed by atoms with van der Waals surface area (Å²) in [5.74, 6) is 0.698. The first kappa shape index (κ1) is 17.7. The van der Waals surface area contributed by atoms with Gasteiger partial charge in [0.1, 0.15) is 5.75 Å². The highest BCUT2D eigenvalue weighted by Gasteiger charge is 2.13. The summed E-state index contributed by atoms with van der Waals surface area (Å²) in [4.78, 5) is 20.8. The fraction of sp³-hybridized carbons (Fsp3) is 0.389. The van der Waals surface area contributed by atoms with E-state index < -0.39 is 0 Å². The van der Waals surface area contributed by atoms with Gasteiger partial charge in [-0.3, -0.25) is 4.79 Å². The molecule has 0 atom stereocenters. The Kier molecular flexibility index (Phi) is 5.73. The molecule has 1 N–H and O–H groups in total. The van der Waals surface area contributed by atoms with Crippen LogP contribution in [-0.4, -0.2) is 29.6 Å². The summed E-state index contributed by atoms with van der Waals surface area (Å²) < 4.78 is 10.5. The number of nitrogens with zero attached hydrogens (tertiary/aromatic N) is 2. The molecule has 0 bridgehead atoms. The Morgan fingerprint density at radius 1 is 1.17 bits per heavy atom. The van der Waals surface area contributed by atoms with E-state index in [0.717, 1.165) is 16.9 Å². The second-order valence-corrected chi connectivity index (χ2v) is 5.51. The molecule has 0 aliphatic rings. The number of anilines is 1. The number of carbonyl (C=O) groups is 1. The van der Waals surface area contributed by atoms with Gasteiger partial charge >= 0.3 is 6.01 Å². The molecule has 1 heterocycles. The molecule has 128 valence electrons. The lowest BCUT2D eigenvalue weighted by molar-refractivity contribution is -0.115. The van der Waals surface area contributed by atoms with Gasteiger partial charge in [-0.2, -0.15) is 9.97 Å². The van der Waals surface area contributed by atoms with Crippen LogP contribution in [0.2, 0.25) is 0 Å². The molecule has 2 rings (SSSR count). The van der Waals surface area contributed by atoms with E-state index in [1.165, 1.54) is 0 Å². The van der Waals surface area contributed by atoms with Gasteiger partial charge in [0.15, 0.2) is 0 Å². The van der Waals surface area contributed by atoms with Crippen LogP contribution >= 0.6 is 0 Å². The number of benzene rings is 1. The van der Waals surface area contributed by atoms with Crippen molar-refractivity contribution in [2.24, 2.45) is 0 Å². The molecule has 24 heavy (non-hydrogen) atoms. The third kappa shape index (κ3) is 4.22. The Hall–Kier alpha value is -2.63. The summed E-state index contributed by atoms with van der Waals surface area (Å²) in [6.07, 6.45) is 0.275. The topological polar surface area (TPSA) is 73.3 Å². The van der Waals surface area contributed by atoms with E-state index in [2.05, 4.69) is 15.3 Å². The van der Waals surface area contributed by atoms with Crippen molar-refractivity contribution in [3.05, 3.63) is 40.7 Å². The Labute approximate surface area is 142 Å². The van der Waals surface area contributed by atoms with Gasteiger partial charge in [-0.05, 0) is 44.9 Å². The van der Waals surface area contributed by atoms with Crippen molar-refractivity contribution in [2.45, 2.75) is 34.1 Å². The van der Waals surface area contributed by atoms with E-state index >= 15 is 0 Å². The summed E-state index contributed by atoms with van der Waals surface area (Å²) in [6, 6.07) is 6.04. The molecule has 0 fully saturated rings. The first-order valence-corrected chi connectivity index (χ1v) is 7.86. The molecule has 1 amide bonds. The van der Waals surface area contributed by atoms with Gasteiger partial charge < -0.3 is 14.8 Å². The number of aryl methyl sites for hydroxylation is 3. The summed E-state index contributed by atoms with van der Waals surface area (Å²) in [6.45, 7) is 7.98. The Morgan fingerprint density at radius 3 is 2.38 bits per heavy atom. The van der Waals surface area contributed by atoms with Gasteiger partial charge in [-0.1, -0.05) is 12.1 Å². The predicted octanol–water partition coefficient (Wildman–Crippen LogP) is 2.99. The number of amides is 1. The second kappa shape index (κ2) is 7.77. The van der Waals surface area contributed by atoms with Crippen molar-refractivity contribution in [3.63, 3.8) is 0 Å². The molecule has 6 heteroatoms. The number of ether oxygens (including phenoxy) is 2. The third-order valence-corrected chi connectivity index (χ3v) is 3.61. The molecule has 0 saturated carbocycles. The maximum atomic E-state index is 12.3. The number of aromatic nitrogens is 2. The molecule has 6 nitrogen and oxygen atoms in total. The molecule has 1 aromatic carbocycles. The molecular weight excluding hydrogens is 306 g/mol. The zero-order valence-corrected chi connectivity index (χ0v) is 14.8. The van der Waals surface area contributed by atoms with Crippen molar-refractivity contribution < 1.29 is 14.3 Å². The largest absolute Gasteiger partial charge is 0.496 e. The minimum Gasteiger partial charge on any atom is -0.496 e. The smallest absolute Gasteiger partial charge is 0.316 e. The van der Waals surface area contributed by atoms with E-state index in [1.807, 2.05) is 45.9 Å². The Bertz CT molecular complexity index is 721. The van der Waals surface area contributed by atoms with Crippen molar-refractivity contribution in [3.8, 4) is 11.8 Å². The van der Waals surface area contributed by atoms with Crippen LogP contribution in [-0.2, 0) is 11.2 Å². The lowest BCUT2D eigenvalue weighted by atomic mass is 10.1. The van der Waals surface area contributed by atoms with Gasteiger partial charge in [0.2, 0.25) is 5.91 Å². The highest BCUT2D eigenvalue weighted by molar-refractivity contribution is 5.93. The number of carbonyl (C=O) groups excluding carboxylic acids is 1. The standard InChI is InChI=1S/C18H23N3O3/c1-6-24-18-19-12(3)17(13(4)20-18)21-16(22)10-14-7-8-15(23-5)11(2)9-14/h7-9H,6,10H2,1-5H3,(H,21,22). The first-order valence-electron chi connectivity index (χ1n) is 7.86. The van der Waals surface area contributed by atoms with E-state index in [9.17, 15) is 4.79 Å². The van der Waals surface area contributed by atoms with Crippen LogP contribution in [0.15, 0.2) is 18.2 Å². The summed E-state index contributed by atoms with van der Waals surface area (Å²) in [5, 5.41) is 2.89. The summed E-state index contributed by atoms with van der Waals surface area (Å²) in [5.41, 5.74) is 3.93. The Balaban J connectivity index is 2.11. The highest BCUT2D eigenvalue weighted by Crippen LogP contribution is 2.21. The molecular formula is C18H23N3O3. The van der Waals surface area contributed by atoms with Gasteiger partial charge in [0, 0.05) is 0 Å². The van der Waals surface area contributed by atoms with Crippen LogP contribution in [0.1, 0.15) is 29.4 Å². The van der Waals surface area contributed by atoms with Crippen LogP contribution in [0.5, 0.6) is 11.8 Å². The lowest BCUT2D eigenvalue weighted by Gasteiger charge is -2.12. The van der Waals surface area contributed by atoms with E-state index in [1.54, 1.807) is 7.11 Å². The fourth-order valence-electron chi connectivity index (χ4n) is 2.48. The molecule has 1 aromatic heterocycles. The highest BCUT2D eigenvalue weighted by atomic mass is 16.5. The normalized spacial score (nSPS) is 10.4. The minimum atomic E-state index is -0.112.